The van der Waals surface area contributed by atoms with Crippen LogP contribution in [0.25, 0.3) is 10.6 Å². The highest BCUT2D eigenvalue weighted by Gasteiger charge is 2.10. The Morgan fingerprint density at radius 1 is 1.25 bits per heavy atom. The van der Waals surface area contributed by atoms with Gasteiger partial charge in [0.1, 0.15) is 16.0 Å². The summed E-state index contributed by atoms with van der Waals surface area (Å²) in [5, 5.41) is 9.85. The molecule has 1 heterocycles. The number of thiazole rings is 1. The van der Waals surface area contributed by atoms with Gasteiger partial charge in [0, 0.05) is 5.56 Å². The van der Waals surface area contributed by atoms with Crippen LogP contribution in [-0.4, -0.2) is 4.98 Å². The van der Waals surface area contributed by atoms with Crippen LogP contribution in [0.1, 0.15) is 21.7 Å². The molecule has 0 radical (unpaired) electrons. The maximum atomic E-state index is 8.91. The van der Waals surface area contributed by atoms with Gasteiger partial charge in [-0.3, -0.25) is 0 Å². The minimum absolute atomic E-state index is 0.704. The van der Waals surface area contributed by atoms with Crippen molar-refractivity contribution >= 4 is 11.3 Å². The quantitative estimate of drug-likeness (QED) is 0.747. The van der Waals surface area contributed by atoms with E-state index in [1.807, 2.05) is 6.92 Å². The molecular formula is C13H12N2S. The number of hydrogen-bond donors (Lipinski definition) is 0. The number of nitrogens with zero attached hydrogens (tertiary/aromatic N) is 2. The van der Waals surface area contributed by atoms with Crippen LogP contribution >= 0.6 is 11.3 Å². The van der Waals surface area contributed by atoms with Gasteiger partial charge in [-0.1, -0.05) is 23.8 Å². The van der Waals surface area contributed by atoms with E-state index < -0.39 is 0 Å². The number of nitriles is 1. The summed E-state index contributed by atoms with van der Waals surface area (Å²) in [5.41, 5.74) is 4.40. The first-order valence-electron chi connectivity index (χ1n) is 5.07. The first-order chi connectivity index (χ1) is 7.61. The van der Waals surface area contributed by atoms with Gasteiger partial charge in [0.25, 0.3) is 0 Å². The van der Waals surface area contributed by atoms with E-state index in [-0.39, 0.29) is 0 Å². The lowest BCUT2D eigenvalue weighted by Gasteiger charge is -2.02. The van der Waals surface area contributed by atoms with E-state index in [0.717, 1.165) is 16.3 Å². The molecule has 0 N–H and O–H groups in total. The Balaban J connectivity index is 2.55. The highest BCUT2D eigenvalue weighted by atomic mass is 32.1. The van der Waals surface area contributed by atoms with Gasteiger partial charge in [0.2, 0.25) is 0 Å². The van der Waals surface area contributed by atoms with Crippen LogP contribution in [0.15, 0.2) is 18.2 Å². The summed E-state index contributed by atoms with van der Waals surface area (Å²) < 4.78 is 0. The molecule has 0 fully saturated rings. The van der Waals surface area contributed by atoms with Gasteiger partial charge < -0.3 is 0 Å². The lowest BCUT2D eigenvalue weighted by Crippen LogP contribution is -1.84. The highest BCUT2D eigenvalue weighted by molar-refractivity contribution is 7.15. The van der Waals surface area contributed by atoms with Crippen molar-refractivity contribution in [3.63, 3.8) is 0 Å². The van der Waals surface area contributed by atoms with Crippen molar-refractivity contribution < 1.29 is 0 Å². The molecule has 0 saturated carbocycles. The van der Waals surface area contributed by atoms with E-state index in [0.29, 0.717) is 4.88 Å². The molecule has 0 aliphatic carbocycles. The summed E-state index contributed by atoms with van der Waals surface area (Å²) in [5.74, 6) is 0. The molecule has 1 aromatic carbocycles. The van der Waals surface area contributed by atoms with Crippen LogP contribution < -0.4 is 0 Å². The number of hydrogen-bond acceptors (Lipinski definition) is 3. The molecule has 0 aliphatic rings. The second kappa shape index (κ2) is 4.07. The monoisotopic (exact) mass is 228 g/mol. The van der Waals surface area contributed by atoms with Crippen LogP contribution in [0.5, 0.6) is 0 Å². The lowest BCUT2D eigenvalue weighted by atomic mass is 10.1. The second-order valence-electron chi connectivity index (χ2n) is 3.86. The van der Waals surface area contributed by atoms with Gasteiger partial charge in [0.15, 0.2) is 0 Å². The first-order valence-corrected chi connectivity index (χ1v) is 5.88. The van der Waals surface area contributed by atoms with E-state index in [1.54, 1.807) is 0 Å². The van der Waals surface area contributed by atoms with Gasteiger partial charge in [-0.15, -0.1) is 11.3 Å². The van der Waals surface area contributed by atoms with Crippen LogP contribution in [0, 0.1) is 32.1 Å². The van der Waals surface area contributed by atoms with E-state index in [2.05, 4.69) is 43.1 Å². The molecule has 0 atom stereocenters. The molecule has 0 amide bonds. The van der Waals surface area contributed by atoms with Crippen molar-refractivity contribution in [3.8, 4) is 16.6 Å². The van der Waals surface area contributed by atoms with Crippen molar-refractivity contribution in [2.45, 2.75) is 20.8 Å². The predicted octanol–water partition coefficient (Wildman–Crippen LogP) is 3.61. The zero-order valence-corrected chi connectivity index (χ0v) is 10.4. The first kappa shape index (κ1) is 10.8. The summed E-state index contributed by atoms with van der Waals surface area (Å²) in [6.07, 6.45) is 0. The zero-order valence-electron chi connectivity index (χ0n) is 9.53. The normalized spacial score (nSPS) is 10.1. The molecule has 0 unspecified atom stereocenters. The molecule has 1 aromatic heterocycles. The van der Waals surface area contributed by atoms with Gasteiger partial charge in [-0.05, 0) is 26.3 Å². The van der Waals surface area contributed by atoms with Crippen LogP contribution in [0.2, 0.25) is 0 Å². The molecule has 16 heavy (non-hydrogen) atoms. The van der Waals surface area contributed by atoms with E-state index in [9.17, 15) is 0 Å². The van der Waals surface area contributed by atoms with Crippen LogP contribution in [0.4, 0.5) is 0 Å². The average molecular weight is 228 g/mol. The SMILES string of the molecule is Cc1ccc(-c2nc(C)c(C#N)s2)c(C)c1. The third-order valence-corrected chi connectivity index (χ3v) is 3.61. The number of aromatic nitrogens is 1. The van der Waals surface area contributed by atoms with Gasteiger partial charge in [0.05, 0.1) is 5.69 Å². The Labute approximate surface area is 99.2 Å². The largest absolute Gasteiger partial charge is 0.240 e. The molecule has 2 rings (SSSR count). The molecule has 0 bridgehead atoms. The lowest BCUT2D eigenvalue weighted by molar-refractivity contribution is 1.24. The predicted molar refractivity (Wildman–Crippen MR) is 66.5 cm³/mol. The smallest absolute Gasteiger partial charge is 0.128 e. The Hall–Kier alpha value is -1.66. The minimum atomic E-state index is 0.704. The summed E-state index contributed by atoms with van der Waals surface area (Å²) in [4.78, 5) is 5.14. The number of aryl methyl sites for hydroxylation is 3. The molecule has 0 spiro atoms. The molecule has 0 saturated heterocycles. The molecule has 3 heteroatoms. The number of rotatable bonds is 1. The minimum Gasteiger partial charge on any atom is -0.240 e. The molecular weight excluding hydrogens is 216 g/mol. The third-order valence-electron chi connectivity index (χ3n) is 2.51. The van der Waals surface area contributed by atoms with Crippen molar-refractivity contribution in [1.29, 1.82) is 5.26 Å². The second-order valence-corrected chi connectivity index (χ2v) is 4.86. The Bertz CT molecular complexity index is 576. The van der Waals surface area contributed by atoms with Crippen molar-refractivity contribution in [1.82, 2.24) is 4.98 Å². The van der Waals surface area contributed by atoms with E-state index in [1.165, 1.54) is 22.5 Å². The zero-order chi connectivity index (χ0) is 11.7. The Kier molecular flexibility index (Phi) is 2.76. The third kappa shape index (κ3) is 1.84. The summed E-state index contributed by atoms with van der Waals surface area (Å²) in [6.45, 7) is 6.03. The standard InChI is InChI=1S/C13H12N2S/c1-8-4-5-11(9(2)6-8)13-15-10(3)12(7-14)16-13/h4-6H,1-3H3. The fourth-order valence-corrected chi connectivity index (χ4v) is 2.62. The fourth-order valence-electron chi connectivity index (χ4n) is 1.67. The molecule has 0 aliphatic heterocycles. The maximum Gasteiger partial charge on any atom is 0.128 e. The molecule has 2 nitrogen and oxygen atoms in total. The van der Waals surface area contributed by atoms with Crippen molar-refractivity contribution in [3.05, 3.63) is 39.9 Å². The summed E-state index contributed by atoms with van der Waals surface area (Å²) in [6, 6.07) is 8.46. The van der Waals surface area contributed by atoms with Crippen molar-refractivity contribution in [2.75, 3.05) is 0 Å². The maximum absolute atomic E-state index is 8.91. The average Bonchev–Trinajstić information content (AvgIpc) is 2.59. The van der Waals surface area contributed by atoms with Gasteiger partial charge >= 0.3 is 0 Å². The topological polar surface area (TPSA) is 36.7 Å². The molecule has 2 aromatic rings. The van der Waals surface area contributed by atoms with E-state index >= 15 is 0 Å². The van der Waals surface area contributed by atoms with Crippen LogP contribution in [0.3, 0.4) is 0 Å². The summed E-state index contributed by atoms with van der Waals surface area (Å²) >= 11 is 1.46. The van der Waals surface area contributed by atoms with E-state index in [4.69, 9.17) is 5.26 Å². The van der Waals surface area contributed by atoms with Gasteiger partial charge in [-0.2, -0.15) is 5.26 Å². The van der Waals surface area contributed by atoms with Gasteiger partial charge in [-0.25, -0.2) is 4.98 Å². The Morgan fingerprint density at radius 2 is 2.00 bits per heavy atom. The fraction of sp³-hybridized carbons (Fsp3) is 0.231. The summed E-state index contributed by atoms with van der Waals surface area (Å²) in [7, 11) is 0. The number of benzene rings is 1. The van der Waals surface area contributed by atoms with Crippen LogP contribution in [-0.2, 0) is 0 Å². The van der Waals surface area contributed by atoms with Crippen molar-refractivity contribution in [2.24, 2.45) is 0 Å². The Morgan fingerprint density at radius 3 is 2.56 bits per heavy atom. The highest BCUT2D eigenvalue weighted by Crippen LogP contribution is 2.30. The molecule has 80 valence electrons.